The lowest BCUT2D eigenvalue weighted by molar-refractivity contribution is -0.351. The zero-order chi connectivity index (χ0) is 10.2. The molecule has 1 heterocycles. The van der Waals surface area contributed by atoms with Crippen LogP contribution < -0.4 is 0 Å². The number of ether oxygens (including phenoxy) is 1. The first-order chi connectivity index (χ1) is 6.54. The number of rotatable bonds is 2. The molecular formula is C8H7F3NOS. The third-order valence-corrected chi connectivity index (χ3v) is 3.04. The summed E-state index contributed by atoms with van der Waals surface area (Å²) in [5, 5.41) is 2.56. The van der Waals surface area contributed by atoms with Gasteiger partial charge in [-0.1, -0.05) is 0 Å². The van der Waals surface area contributed by atoms with Gasteiger partial charge in [0.15, 0.2) is 0 Å². The molecule has 0 saturated heterocycles. The van der Waals surface area contributed by atoms with Crippen LogP contribution in [0.4, 0.5) is 13.2 Å². The highest BCUT2D eigenvalue weighted by molar-refractivity contribution is 7.09. The second-order valence-corrected chi connectivity index (χ2v) is 4.06. The van der Waals surface area contributed by atoms with Crippen molar-refractivity contribution in [1.29, 1.82) is 0 Å². The number of nitrogens with zero attached hydrogens (tertiary/aromatic N) is 1. The number of aromatic nitrogens is 1. The highest BCUT2D eigenvalue weighted by Gasteiger charge is 2.41. The average molecular weight is 222 g/mol. The summed E-state index contributed by atoms with van der Waals surface area (Å²) in [5.74, 6) is 0.124. The van der Waals surface area contributed by atoms with E-state index in [1.807, 2.05) is 0 Å². The maximum Gasteiger partial charge on any atom is 0.522 e. The molecule has 0 N–H and O–H groups in total. The molecular weight excluding hydrogens is 215 g/mol. The lowest BCUT2D eigenvalue weighted by Gasteiger charge is -2.33. The smallest absolute Gasteiger partial charge is 0.289 e. The summed E-state index contributed by atoms with van der Waals surface area (Å²) in [6.45, 7) is 0. The molecule has 1 radical (unpaired) electrons. The minimum Gasteiger partial charge on any atom is -0.289 e. The van der Waals surface area contributed by atoms with E-state index in [0.29, 0.717) is 12.8 Å². The first-order valence-corrected chi connectivity index (χ1v) is 4.98. The molecule has 0 bridgehead atoms. The van der Waals surface area contributed by atoms with Crippen molar-refractivity contribution in [3.05, 3.63) is 16.6 Å². The molecule has 0 aromatic carbocycles. The molecule has 0 unspecified atom stereocenters. The van der Waals surface area contributed by atoms with E-state index in [4.69, 9.17) is 0 Å². The largest absolute Gasteiger partial charge is 0.522 e. The number of thiazole rings is 1. The van der Waals surface area contributed by atoms with E-state index in [9.17, 15) is 13.2 Å². The van der Waals surface area contributed by atoms with E-state index in [1.54, 1.807) is 5.38 Å². The third kappa shape index (κ3) is 2.24. The zero-order valence-corrected chi connectivity index (χ0v) is 7.86. The molecule has 77 valence electrons. The Morgan fingerprint density at radius 1 is 1.50 bits per heavy atom. The molecule has 2 nitrogen and oxygen atoms in total. The van der Waals surface area contributed by atoms with Crippen LogP contribution in [-0.4, -0.2) is 17.5 Å². The molecule has 1 aromatic heterocycles. The van der Waals surface area contributed by atoms with Crippen molar-refractivity contribution in [3.8, 4) is 0 Å². The van der Waals surface area contributed by atoms with Gasteiger partial charge in [0.1, 0.15) is 6.20 Å². The highest BCUT2D eigenvalue weighted by atomic mass is 32.1. The van der Waals surface area contributed by atoms with E-state index in [-0.39, 0.29) is 5.92 Å². The monoisotopic (exact) mass is 222 g/mol. The van der Waals surface area contributed by atoms with Crippen molar-refractivity contribution in [1.82, 2.24) is 4.98 Å². The number of hydrogen-bond donors (Lipinski definition) is 0. The van der Waals surface area contributed by atoms with Crippen molar-refractivity contribution in [3.63, 3.8) is 0 Å². The van der Waals surface area contributed by atoms with Crippen LogP contribution in [0.2, 0.25) is 0 Å². The van der Waals surface area contributed by atoms with E-state index in [1.165, 1.54) is 11.3 Å². The van der Waals surface area contributed by atoms with Crippen LogP contribution in [0.25, 0.3) is 0 Å². The second kappa shape index (κ2) is 3.51. The minimum atomic E-state index is -4.51. The Morgan fingerprint density at radius 2 is 2.21 bits per heavy atom. The van der Waals surface area contributed by atoms with Crippen LogP contribution in [0, 0.1) is 6.20 Å². The number of alkyl halides is 3. The molecule has 2 rings (SSSR count). The van der Waals surface area contributed by atoms with E-state index in [2.05, 4.69) is 15.9 Å². The topological polar surface area (TPSA) is 22.1 Å². The maximum absolute atomic E-state index is 11.8. The predicted octanol–water partition coefficient (Wildman–Crippen LogP) is 2.73. The fourth-order valence-corrected chi connectivity index (χ4v) is 2.16. The van der Waals surface area contributed by atoms with E-state index in [0.717, 1.165) is 5.01 Å². The van der Waals surface area contributed by atoms with Crippen molar-refractivity contribution < 1.29 is 17.9 Å². The lowest BCUT2D eigenvalue weighted by Crippen LogP contribution is -2.34. The number of halogens is 3. The fourth-order valence-electron chi connectivity index (χ4n) is 1.44. The Hall–Kier alpha value is -0.620. The molecule has 14 heavy (non-hydrogen) atoms. The molecule has 6 heteroatoms. The van der Waals surface area contributed by atoms with Crippen LogP contribution in [-0.2, 0) is 4.74 Å². The first-order valence-electron chi connectivity index (χ1n) is 4.10. The van der Waals surface area contributed by atoms with Crippen LogP contribution in [0.1, 0.15) is 23.8 Å². The quantitative estimate of drug-likeness (QED) is 0.767. The van der Waals surface area contributed by atoms with Crippen molar-refractivity contribution in [2.45, 2.75) is 31.2 Å². The van der Waals surface area contributed by atoms with Gasteiger partial charge in [0.05, 0.1) is 11.1 Å². The molecule has 0 spiro atoms. The summed E-state index contributed by atoms with van der Waals surface area (Å²) < 4.78 is 39.1. The average Bonchev–Trinajstić information content (AvgIpc) is 2.45. The summed E-state index contributed by atoms with van der Waals surface area (Å²) in [6.07, 6.45) is -1.75. The molecule has 0 amide bonds. The Balaban J connectivity index is 1.80. The molecule has 1 aliphatic rings. The van der Waals surface area contributed by atoms with Gasteiger partial charge in [-0.2, -0.15) is 0 Å². The Morgan fingerprint density at radius 3 is 2.71 bits per heavy atom. The second-order valence-electron chi connectivity index (χ2n) is 3.17. The van der Waals surface area contributed by atoms with Crippen LogP contribution in [0.15, 0.2) is 5.38 Å². The van der Waals surface area contributed by atoms with Crippen LogP contribution >= 0.6 is 11.3 Å². The van der Waals surface area contributed by atoms with E-state index >= 15 is 0 Å². The molecule has 0 aliphatic heterocycles. The molecule has 0 atom stereocenters. The van der Waals surface area contributed by atoms with Crippen LogP contribution in [0.5, 0.6) is 0 Å². The summed E-state index contributed by atoms with van der Waals surface area (Å²) >= 11 is 1.42. The number of hydrogen-bond acceptors (Lipinski definition) is 3. The van der Waals surface area contributed by atoms with Crippen molar-refractivity contribution >= 4 is 11.3 Å². The SMILES string of the molecule is FC(F)(F)OC1CC(c2n[c]cs2)C1. The summed E-state index contributed by atoms with van der Waals surface area (Å²) in [6, 6.07) is 0. The third-order valence-electron chi connectivity index (χ3n) is 2.15. The van der Waals surface area contributed by atoms with Crippen LogP contribution in [0.3, 0.4) is 0 Å². The van der Waals surface area contributed by atoms with E-state index < -0.39 is 12.5 Å². The predicted molar refractivity (Wildman–Crippen MR) is 43.9 cm³/mol. The van der Waals surface area contributed by atoms with Gasteiger partial charge in [0.2, 0.25) is 0 Å². The fraction of sp³-hybridized carbons (Fsp3) is 0.625. The van der Waals surface area contributed by atoms with Gasteiger partial charge in [-0.05, 0) is 12.8 Å². The van der Waals surface area contributed by atoms with Gasteiger partial charge in [-0.3, -0.25) is 4.74 Å². The minimum absolute atomic E-state index is 0.124. The van der Waals surface area contributed by atoms with Gasteiger partial charge < -0.3 is 0 Å². The van der Waals surface area contributed by atoms with Gasteiger partial charge >= 0.3 is 6.36 Å². The molecule has 1 fully saturated rings. The van der Waals surface area contributed by atoms with Gasteiger partial charge in [-0.25, -0.2) is 4.98 Å². The van der Waals surface area contributed by atoms with Gasteiger partial charge in [0, 0.05) is 11.3 Å². The molecule has 1 aliphatic carbocycles. The Bertz CT molecular complexity index is 292. The maximum atomic E-state index is 11.8. The highest BCUT2D eigenvalue weighted by Crippen LogP contribution is 2.41. The normalized spacial score (nSPS) is 27.4. The standard InChI is InChI=1S/C8H7F3NOS/c9-8(10,11)13-6-3-5(4-6)7-12-1-2-14-7/h2,5-6H,3-4H2. The van der Waals surface area contributed by atoms with Crippen molar-refractivity contribution in [2.75, 3.05) is 0 Å². The Kier molecular flexibility index (Phi) is 2.48. The lowest BCUT2D eigenvalue weighted by atomic mass is 9.83. The molecule has 1 saturated carbocycles. The summed E-state index contributed by atoms with van der Waals surface area (Å²) in [7, 11) is 0. The summed E-state index contributed by atoms with van der Waals surface area (Å²) in [4.78, 5) is 3.93. The Labute approximate surface area is 82.7 Å². The van der Waals surface area contributed by atoms with Gasteiger partial charge in [-0.15, -0.1) is 24.5 Å². The molecule has 1 aromatic rings. The zero-order valence-electron chi connectivity index (χ0n) is 7.04. The summed E-state index contributed by atoms with van der Waals surface area (Å²) in [5.41, 5.74) is 0. The van der Waals surface area contributed by atoms with Crippen molar-refractivity contribution in [2.24, 2.45) is 0 Å². The van der Waals surface area contributed by atoms with Gasteiger partial charge in [0.25, 0.3) is 0 Å². The first kappa shape index (κ1) is 9.92.